The monoisotopic (exact) mass is 346 g/mol. The highest BCUT2D eigenvalue weighted by Crippen LogP contribution is 2.25. The Morgan fingerprint density at radius 3 is 2.50 bits per heavy atom. The standard InChI is InChI=1S/C15H20Cl2N2O3/c1-4-5-13(15(21)22-3)19-14(20)9(2)18-10-6-7-11(16)12(17)8-10/h6-9,13,18H,4-5H2,1-3H3,(H,19,20). The SMILES string of the molecule is CCCC(NC(=O)C(C)Nc1ccc(Cl)c(Cl)c1)C(=O)OC. The molecule has 0 fully saturated rings. The topological polar surface area (TPSA) is 67.4 Å². The van der Waals surface area contributed by atoms with Crippen molar-refractivity contribution in [3.05, 3.63) is 28.2 Å². The van der Waals surface area contributed by atoms with Gasteiger partial charge in [0, 0.05) is 5.69 Å². The van der Waals surface area contributed by atoms with Crippen LogP contribution in [0.5, 0.6) is 0 Å². The van der Waals surface area contributed by atoms with Crippen molar-refractivity contribution in [3.8, 4) is 0 Å². The van der Waals surface area contributed by atoms with E-state index in [9.17, 15) is 9.59 Å². The van der Waals surface area contributed by atoms with Gasteiger partial charge >= 0.3 is 5.97 Å². The van der Waals surface area contributed by atoms with Gasteiger partial charge in [0.1, 0.15) is 12.1 Å². The number of anilines is 1. The smallest absolute Gasteiger partial charge is 0.328 e. The second-order valence-corrected chi connectivity index (χ2v) is 5.68. The van der Waals surface area contributed by atoms with Crippen molar-refractivity contribution in [2.75, 3.05) is 12.4 Å². The highest BCUT2D eigenvalue weighted by Gasteiger charge is 2.23. The molecule has 0 saturated heterocycles. The van der Waals surface area contributed by atoms with Gasteiger partial charge < -0.3 is 15.4 Å². The van der Waals surface area contributed by atoms with Crippen LogP contribution in [0.25, 0.3) is 0 Å². The van der Waals surface area contributed by atoms with E-state index in [2.05, 4.69) is 15.4 Å². The molecule has 0 aliphatic heterocycles. The molecule has 0 bridgehead atoms. The quantitative estimate of drug-likeness (QED) is 0.743. The average Bonchev–Trinajstić information content (AvgIpc) is 2.49. The van der Waals surface area contributed by atoms with Crippen LogP contribution >= 0.6 is 23.2 Å². The molecule has 7 heteroatoms. The van der Waals surface area contributed by atoms with Gasteiger partial charge in [-0.1, -0.05) is 36.5 Å². The van der Waals surface area contributed by atoms with Crippen molar-refractivity contribution in [2.45, 2.75) is 38.8 Å². The normalized spacial score (nSPS) is 13.1. The summed E-state index contributed by atoms with van der Waals surface area (Å²) >= 11 is 11.8. The summed E-state index contributed by atoms with van der Waals surface area (Å²) in [5.74, 6) is -0.744. The summed E-state index contributed by atoms with van der Waals surface area (Å²) in [6.07, 6.45) is 1.28. The fourth-order valence-corrected chi connectivity index (χ4v) is 2.18. The molecular formula is C15H20Cl2N2O3. The van der Waals surface area contributed by atoms with Crippen LogP contribution in [0.1, 0.15) is 26.7 Å². The lowest BCUT2D eigenvalue weighted by Crippen LogP contribution is -2.47. The van der Waals surface area contributed by atoms with Gasteiger partial charge in [0.2, 0.25) is 5.91 Å². The molecular weight excluding hydrogens is 327 g/mol. The third kappa shape index (κ3) is 5.39. The maximum absolute atomic E-state index is 12.2. The van der Waals surface area contributed by atoms with E-state index < -0.39 is 18.1 Å². The summed E-state index contributed by atoms with van der Waals surface area (Å²) < 4.78 is 4.69. The number of hydrogen-bond acceptors (Lipinski definition) is 4. The van der Waals surface area contributed by atoms with E-state index in [1.807, 2.05) is 6.92 Å². The minimum absolute atomic E-state index is 0.296. The first-order chi connectivity index (χ1) is 10.4. The van der Waals surface area contributed by atoms with Crippen molar-refractivity contribution in [1.29, 1.82) is 0 Å². The van der Waals surface area contributed by atoms with Gasteiger partial charge in [-0.2, -0.15) is 0 Å². The highest BCUT2D eigenvalue weighted by molar-refractivity contribution is 6.42. The van der Waals surface area contributed by atoms with E-state index in [0.29, 0.717) is 22.2 Å². The Labute approximate surface area is 140 Å². The molecule has 1 rings (SSSR count). The van der Waals surface area contributed by atoms with Crippen molar-refractivity contribution < 1.29 is 14.3 Å². The van der Waals surface area contributed by atoms with E-state index in [1.165, 1.54) is 7.11 Å². The van der Waals surface area contributed by atoms with Crippen LogP contribution in [0.4, 0.5) is 5.69 Å². The fourth-order valence-electron chi connectivity index (χ4n) is 1.88. The predicted molar refractivity (Wildman–Crippen MR) is 88.4 cm³/mol. The number of carbonyl (C=O) groups is 2. The van der Waals surface area contributed by atoms with Crippen LogP contribution in [0, 0.1) is 0 Å². The number of carbonyl (C=O) groups excluding carboxylic acids is 2. The number of benzene rings is 1. The Hall–Kier alpha value is -1.46. The Kier molecular flexibility index (Phi) is 7.48. The summed E-state index contributed by atoms with van der Waals surface area (Å²) in [6.45, 7) is 3.62. The number of rotatable bonds is 7. The molecule has 122 valence electrons. The molecule has 5 nitrogen and oxygen atoms in total. The number of halogens is 2. The van der Waals surface area contributed by atoms with Crippen LogP contribution in [0.3, 0.4) is 0 Å². The van der Waals surface area contributed by atoms with Crippen LogP contribution < -0.4 is 10.6 Å². The maximum atomic E-state index is 12.2. The molecule has 2 unspecified atom stereocenters. The van der Waals surface area contributed by atoms with E-state index >= 15 is 0 Å². The lowest BCUT2D eigenvalue weighted by atomic mass is 10.1. The van der Waals surface area contributed by atoms with Gasteiger partial charge in [0.25, 0.3) is 0 Å². The largest absolute Gasteiger partial charge is 0.467 e. The average molecular weight is 347 g/mol. The van der Waals surface area contributed by atoms with Crippen molar-refractivity contribution in [1.82, 2.24) is 5.32 Å². The van der Waals surface area contributed by atoms with E-state index in [1.54, 1.807) is 25.1 Å². The van der Waals surface area contributed by atoms with Gasteiger partial charge in [0.05, 0.1) is 17.2 Å². The summed E-state index contributed by atoms with van der Waals surface area (Å²) in [7, 11) is 1.30. The molecule has 0 aromatic heterocycles. The van der Waals surface area contributed by atoms with E-state index in [0.717, 1.165) is 6.42 Å². The zero-order valence-electron chi connectivity index (χ0n) is 12.8. The number of esters is 1. The minimum Gasteiger partial charge on any atom is -0.467 e. The third-order valence-corrected chi connectivity index (χ3v) is 3.81. The Morgan fingerprint density at radius 2 is 1.95 bits per heavy atom. The van der Waals surface area contributed by atoms with Gasteiger partial charge in [-0.15, -0.1) is 0 Å². The van der Waals surface area contributed by atoms with Gasteiger partial charge in [0.15, 0.2) is 0 Å². The molecule has 22 heavy (non-hydrogen) atoms. The third-order valence-electron chi connectivity index (χ3n) is 3.08. The number of nitrogens with one attached hydrogen (secondary N) is 2. The van der Waals surface area contributed by atoms with Crippen LogP contribution in [0.2, 0.25) is 10.0 Å². The second-order valence-electron chi connectivity index (χ2n) is 4.87. The summed E-state index contributed by atoms with van der Waals surface area (Å²) in [5.41, 5.74) is 0.669. The molecule has 0 aliphatic rings. The van der Waals surface area contributed by atoms with E-state index in [4.69, 9.17) is 23.2 Å². The molecule has 1 aromatic carbocycles. The van der Waals surface area contributed by atoms with Gasteiger partial charge in [-0.25, -0.2) is 4.79 Å². The first kappa shape index (κ1) is 18.6. The summed E-state index contributed by atoms with van der Waals surface area (Å²) in [4.78, 5) is 23.8. The van der Waals surface area contributed by atoms with Gasteiger partial charge in [-0.05, 0) is 31.5 Å². The lowest BCUT2D eigenvalue weighted by Gasteiger charge is -2.20. The molecule has 1 aromatic rings. The molecule has 0 saturated carbocycles. The first-order valence-electron chi connectivity index (χ1n) is 6.98. The Balaban J connectivity index is 2.67. The fraction of sp³-hybridized carbons (Fsp3) is 0.467. The zero-order valence-corrected chi connectivity index (χ0v) is 14.3. The molecule has 2 atom stereocenters. The summed E-state index contributed by atoms with van der Waals surface area (Å²) in [5, 5.41) is 6.53. The molecule has 1 amide bonds. The Morgan fingerprint density at radius 1 is 1.27 bits per heavy atom. The second kappa shape index (κ2) is 8.86. The zero-order chi connectivity index (χ0) is 16.7. The molecule has 2 N–H and O–H groups in total. The van der Waals surface area contributed by atoms with Gasteiger partial charge in [-0.3, -0.25) is 4.79 Å². The van der Waals surface area contributed by atoms with E-state index in [-0.39, 0.29) is 5.91 Å². The van der Waals surface area contributed by atoms with Crippen molar-refractivity contribution >= 4 is 40.8 Å². The number of hydrogen-bond donors (Lipinski definition) is 2. The van der Waals surface area contributed by atoms with Crippen molar-refractivity contribution in [2.24, 2.45) is 0 Å². The van der Waals surface area contributed by atoms with Crippen LogP contribution in [-0.4, -0.2) is 31.1 Å². The first-order valence-corrected chi connectivity index (χ1v) is 7.74. The Bertz CT molecular complexity index is 538. The highest BCUT2D eigenvalue weighted by atomic mass is 35.5. The maximum Gasteiger partial charge on any atom is 0.328 e. The molecule has 0 radical (unpaired) electrons. The molecule has 0 heterocycles. The van der Waals surface area contributed by atoms with Crippen molar-refractivity contribution in [3.63, 3.8) is 0 Å². The summed E-state index contributed by atoms with van der Waals surface area (Å²) in [6, 6.07) is 3.83. The predicted octanol–water partition coefficient (Wildman–Crippen LogP) is 3.25. The number of ether oxygens (including phenoxy) is 1. The minimum atomic E-state index is -0.638. The number of methoxy groups -OCH3 is 1. The molecule has 0 spiro atoms. The lowest BCUT2D eigenvalue weighted by molar-refractivity contribution is -0.145. The van der Waals surface area contributed by atoms with Crippen LogP contribution in [-0.2, 0) is 14.3 Å². The molecule has 0 aliphatic carbocycles. The number of amides is 1. The van der Waals surface area contributed by atoms with Crippen LogP contribution in [0.15, 0.2) is 18.2 Å².